The molecule has 2 heteroatoms. The second-order valence-corrected chi connectivity index (χ2v) is 11.4. The van der Waals surface area contributed by atoms with Gasteiger partial charge in [-0.3, -0.25) is 0 Å². The molecule has 1 aromatic rings. The Kier molecular flexibility index (Phi) is 5.39. The molecule has 0 aliphatic heterocycles. The molecule has 0 aliphatic carbocycles. The third-order valence-electron chi connectivity index (χ3n) is 4.09. The van der Waals surface area contributed by atoms with Gasteiger partial charge in [0.05, 0.1) is 6.10 Å². The van der Waals surface area contributed by atoms with Crippen molar-refractivity contribution in [2.24, 2.45) is 0 Å². The molecule has 20 heavy (non-hydrogen) atoms. The van der Waals surface area contributed by atoms with Crippen molar-refractivity contribution in [1.82, 2.24) is 0 Å². The van der Waals surface area contributed by atoms with E-state index in [0.717, 1.165) is 17.5 Å². The highest BCUT2D eigenvalue weighted by Gasteiger charge is 2.39. The van der Waals surface area contributed by atoms with Crippen LogP contribution in [0.3, 0.4) is 0 Å². The monoisotopic (exact) mass is 286 g/mol. The van der Waals surface area contributed by atoms with Crippen molar-refractivity contribution >= 4 is 8.32 Å². The van der Waals surface area contributed by atoms with Crippen LogP contribution in [0.2, 0.25) is 18.1 Å². The maximum atomic E-state index is 6.54. The Morgan fingerprint density at radius 1 is 1.35 bits per heavy atom. The van der Waals surface area contributed by atoms with Gasteiger partial charge < -0.3 is 4.43 Å². The molecule has 0 fully saturated rings. The standard InChI is InChI=1S/C18H26OSi/c1-8-12-17(19-20(6,7)18(3,4)5)16-14-11-10-13-15(16)9-2/h2,8,10-11,13-14,17H,1,12H2,3-7H3. The lowest BCUT2D eigenvalue weighted by molar-refractivity contribution is 0.186. The van der Waals surface area contributed by atoms with Crippen LogP contribution in [0.5, 0.6) is 0 Å². The van der Waals surface area contributed by atoms with E-state index in [2.05, 4.69) is 52.4 Å². The van der Waals surface area contributed by atoms with Crippen LogP contribution in [0, 0.1) is 12.3 Å². The Morgan fingerprint density at radius 3 is 2.45 bits per heavy atom. The summed E-state index contributed by atoms with van der Waals surface area (Å²) in [7, 11) is -1.84. The number of benzene rings is 1. The first-order valence-corrected chi connectivity index (χ1v) is 9.98. The summed E-state index contributed by atoms with van der Waals surface area (Å²) in [6.07, 6.45) is 8.31. The minimum atomic E-state index is -1.84. The van der Waals surface area contributed by atoms with Crippen LogP contribution >= 0.6 is 0 Å². The van der Waals surface area contributed by atoms with E-state index in [9.17, 15) is 0 Å². The molecule has 0 amide bonds. The molecule has 1 nitrogen and oxygen atoms in total. The van der Waals surface area contributed by atoms with E-state index in [1.54, 1.807) is 0 Å². The fraction of sp³-hybridized carbons (Fsp3) is 0.444. The normalized spacial score (nSPS) is 13.6. The van der Waals surface area contributed by atoms with Crippen LogP contribution in [0.4, 0.5) is 0 Å². The van der Waals surface area contributed by atoms with Gasteiger partial charge >= 0.3 is 0 Å². The average molecular weight is 286 g/mol. The fourth-order valence-corrected chi connectivity index (χ4v) is 3.12. The molecule has 1 rings (SSSR count). The van der Waals surface area contributed by atoms with Crippen molar-refractivity contribution in [3.63, 3.8) is 0 Å². The minimum absolute atomic E-state index is 0.000594. The highest BCUT2D eigenvalue weighted by Crippen LogP contribution is 2.41. The molecule has 0 heterocycles. The maximum absolute atomic E-state index is 6.54. The molecule has 108 valence electrons. The predicted octanol–water partition coefficient (Wildman–Crippen LogP) is 5.31. The fourth-order valence-electron chi connectivity index (χ4n) is 1.83. The Balaban J connectivity index is 3.13. The van der Waals surface area contributed by atoms with Crippen molar-refractivity contribution < 1.29 is 4.43 Å². The van der Waals surface area contributed by atoms with E-state index in [0.29, 0.717) is 0 Å². The third kappa shape index (κ3) is 3.85. The summed E-state index contributed by atoms with van der Waals surface area (Å²) >= 11 is 0. The minimum Gasteiger partial charge on any atom is -0.410 e. The molecule has 0 saturated carbocycles. The number of rotatable bonds is 5. The molecular weight excluding hydrogens is 260 g/mol. The van der Waals surface area contributed by atoms with Gasteiger partial charge in [-0.05, 0) is 36.2 Å². The van der Waals surface area contributed by atoms with E-state index in [4.69, 9.17) is 10.8 Å². The first-order chi connectivity index (χ1) is 9.23. The molecule has 0 saturated heterocycles. The summed E-state index contributed by atoms with van der Waals surface area (Å²) in [4.78, 5) is 0. The van der Waals surface area contributed by atoms with Crippen molar-refractivity contribution in [2.75, 3.05) is 0 Å². The zero-order chi connectivity index (χ0) is 15.4. The van der Waals surface area contributed by atoms with Crippen LogP contribution in [0.15, 0.2) is 36.9 Å². The van der Waals surface area contributed by atoms with Crippen molar-refractivity contribution in [1.29, 1.82) is 0 Å². The van der Waals surface area contributed by atoms with Crippen LogP contribution in [-0.4, -0.2) is 8.32 Å². The Hall–Kier alpha value is -1.30. The Labute approximate surface area is 125 Å². The molecule has 0 aromatic heterocycles. The lowest BCUT2D eigenvalue weighted by Gasteiger charge is -2.39. The molecule has 1 atom stereocenters. The van der Waals surface area contributed by atoms with Gasteiger partial charge in [0.15, 0.2) is 8.32 Å². The molecule has 1 unspecified atom stereocenters. The molecule has 0 radical (unpaired) electrons. The van der Waals surface area contributed by atoms with E-state index in [1.807, 2.05) is 24.3 Å². The Morgan fingerprint density at radius 2 is 1.95 bits per heavy atom. The highest BCUT2D eigenvalue weighted by molar-refractivity contribution is 6.74. The van der Waals surface area contributed by atoms with Gasteiger partial charge in [0.25, 0.3) is 0 Å². The molecule has 0 spiro atoms. The largest absolute Gasteiger partial charge is 0.410 e. The predicted molar refractivity (Wildman–Crippen MR) is 90.2 cm³/mol. The average Bonchev–Trinajstić information content (AvgIpc) is 2.36. The molecule has 0 N–H and O–H groups in total. The lowest BCUT2D eigenvalue weighted by Crippen LogP contribution is -2.41. The van der Waals surface area contributed by atoms with E-state index >= 15 is 0 Å². The molecule has 0 bridgehead atoms. The SMILES string of the molecule is C#Cc1ccccc1C(CC=C)O[Si](C)(C)C(C)(C)C. The van der Waals surface area contributed by atoms with Crippen molar-refractivity contribution in [3.05, 3.63) is 48.0 Å². The number of hydrogen-bond acceptors (Lipinski definition) is 1. The van der Waals surface area contributed by atoms with Gasteiger partial charge in [0.2, 0.25) is 0 Å². The summed E-state index contributed by atoms with van der Waals surface area (Å²) in [6, 6.07) is 8.02. The molecular formula is C18H26OSi. The first kappa shape index (κ1) is 16.8. The van der Waals surface area contributed by atoms with E-state index in [-0.39, 0.29) is 11.1 Å². The lowest BCUT2D eigenvalue weighted by atomic mass is 10.0. The summed E-state index contributed by atoms with van der Waals surface area (Å²) in [6.45, 7) is 15.1. The van der Waals surface area contributed by atoms with E-state index in [1.165, 1.54) is 0 Å². The molecule has 1 aromatic carbocycles. The van der Waals surface area contributed by atoms with E-state index < -0.39 is 8.32 Å². The van der Waals surface area contributed by atoms with Gasteiger partial charge in [0, 0.05) is 5.56 Å². The van der Waals surface area contributed by atoms with Gasteiger partial charge in [-0.2, -0.15) is 0 Å². The van der Waals surface area contributed by atoms with Gasteiger partial charge in [-0.1, -0.05) is 51.0 Å². The number of terminal acetylenes is 1. The van der Waals surface area contributed by atoms with Crippen molar-refractivity contribution in [2.45, 2.75) is 51.4 Å². The van der Waals surface area contributed by atoms with Gasteiger partial charge in [-0.15, -0.1) is 13.0 Å². The zero-order valence-electron chi connectivity index (χ0n) is 13.4. The quantitative estimate of drug-likeness (QED) is 0.405. The second-order valence-electron chi connectivity index (χ2n) is 6.62. The molecule has 0 aliphatic rings. The zero-order valence-corrected chi connectivity index (χ0v) is 14.4. The van der Waals surface area contributed by atoms with Crippen LogP contribution in [-0.2, 0) is 4.43 Å². The highest BCUT2D eigenvalue weighted by atomic mass is 28.4. The summed E-state index contributed by atoms with van der Waals surface area (Å²) in [5.41, 5.74) is 2.01. The van der Waals surface area contributed by atoms with Gasteiger partial charge in [0.1, 0.15) is 0 Å². The summed E-state index contributed by atoms with van der Waals surface area (Å²) in [5.74, 6) is 2.76. The maximum Gasteiger partial charge on any atom is 0.192 e. The third-order valence-corrected chi connectivity index (χ3v) is 8.57. The van der Waals surface area contributed by atoms with Gasteiger partial charge in [-0.25, -0.2) is 0 Å². The smallest absolute Gasteiger partial charge is 0.192 e. The topological polar surface area (TPSA) is 9.23 Å². The van der Waals surface area contributed by atoms with Crippen molar-refractivity contribution in [3.8, 4) is 12.3 Å². The van der Waals surface area contributed by atoms with Crippen LogP contribution in [0.25, 0.3) is 0 Å². The van der Waals surface area contributed by atoms with Crippen LogP contribution < -0.4 is 0 Å². The first-order valence-electron chi connectivity index (χ1n) is 7.07. The number of hydrogen-bond donors (Lipinski definition) is 0. The summed E-state index contributed by atoms with van der Waals surface area (Å²) in [5, 5.41) is 0.178. The second kappa shape index (κ2) is 6.43. The Bertz CT molecular complexity index is 503. The van der Waals surface area contributed by atoms with Crippen LogP contribution in [0.1, 0.15) is 44.4 Å². The summed E-state index contributed by atoms with van der Waals surface area (Å²) < 4.78 is 6.54.